The van der Waals surface area contributed by atoms with Crippen molar-refractivity contribution < 1.29 is 9.09 Å². The van der Waals surface area contributed by atoms with Crippen molar-refractivity contribution in [2.24, 2.45) is 4.99 Å². The highest BCUT2D eigenvalue weighted by atomic mass is 33.3. The second kappa shape index (κ2) is 7.74. The molecule has 0 radical (unpaired) electrons. The second-order valence-electron chi connectivity index (χ2n) is 1.92. The molecule has 4 nitrogen and oxygen atoms in total. The Kier molecular flexibility index (Phi) is 7.95. The standard InChI is InChI=1S/C6H15N2O2PS2/c1-4-7-6-8-11(9,10-3)13-12-5-2/h6H,4-5H2,1-3H3,(H,7,8,9). The molecule has 0 heterocycles. The fourth-order valence-corrected chi connectivity index (χ4v) is 5.42. The van der Waals surface area contributed by atoms with Crippen LogP contribution < -0.4 is 5.09 Å². The van der Waals surface area contributed by atoms with E-state index in [1.807, 2.05) is 13.8 Å². The molecule has 0 aliphatic carbocycles. The van der Waals surface area contributed by atoms with Crippen LogP contribution in [-0.2, 0) is 9.09 Å². The van der Waals surface area contributed by atoms with Gasteiger partial charge in [-0.05, 0) is 6.92 Å². The van der Waals surface area contributed by atoms with E-state index < -0.39 is 6.72 Å². The van der Waals surface area contributed by atoms with Gasteiger partial charge in [0.1, 0.15) is 0 Å². The Morgan fingerprint density at radius 2 is 2.31 bits per heavy atom. The molecule has 0 bridgehead atoms. The van der Waals surface area contributed by atoms with E-state index >= 15 is 0 Å². The third-order valence-corrected chi connectivity index (χ3v) is 7.54. The molecule has 78 valence electrons. The Morgan fingerprint density at radius 1 is 1.62 bits per heavy atom. The van der Waals surface area contributed by atoms with Crippen molar-refractivity contribution in [2.45, 2.75) is 13.8 Å². The number of hydrogen-bond acceptors (Lipinski definition) is 5. The van der Waals surface area contributed by atoms with Gasteiger partial charge in [0.25, 0.3) is 0 Å². The van der Waals surface area contributed by atoms with Gasteiger partial charge in [-0.25, -0.2) is 0 Å². The molecule has 0 saturated heterocycles. The topological polar surface area (TPSA) is 50.7 Å². The maximum atomic E-state index is 11.7. The van der Waals surface area contributed by atoms with E-state index in [1.165, 1.54) is 34.7 Å². The molecule has 1 unspecified atom stereocenters. The van der Waals surface area contributed by atoms with Crippen LogP contribution >= 0.6 is 27.9 Å². The fraction of sp³-hybridized carbons (Fsp3) is 0.833. The quantitative estimate of drug-likeness (QED) is 0.322. The first kappa shape index (κ1) is 13.4. The van der Waals surface area contributed by atoms with Crippen LogP contribution in [0, 0.1) is 0 Å². The van der Waals surface area contributed by atoms with Crippen LogP contribution in [0.4, 0.5) is 0 Å². The fourth-order valence-electron chi connectivity index (χ4n) is 0.430. The molecule has 0 rings (SSSR count). The van der Waals surface area contributed by atoms with Crippen LogP contribution in [0.25, 0.3) is 0 Å². The minimum absolute atomic E-state index is 0.669. The van der Waals surface area contributed by atoms with E-state index in [0.29, 0.717) is 6.54 Å². The minimum Gasteiger partial charge on any atom is -0.309 e. The van der Waals surface area contributed by atoms with E-state index in [1.54, 1.807) is 0 Å². The number of rotatable bonds is 7. The van der Waals surface area contributed by atoms with Gasteiger partial charge in [0, 0.05) is 29.8 Å². The summed E-state index contributed by atoms with van der Waals surface area (Å²) >= 11 is 0. The highest BCUT2D eigenvalue weighted by Gasteiger charge is 2.20. The third-order valence-electron chi connectivity index (χ3n) is 0.999. The summed E-state index contributed by atoms with van der Waals surface area (Å²) in [5.74, 6) is 0.893. The zero-order valence-electron chi connectivity index (χ0n) is 8.02. The molecule has 0 fully saturated rings. The number of aliphatic imine (C=N–C) groups is 1. The Morgan fingerprint density at radius 3 is 2.77 bits per heavy atom. The molecule has 7 heteroatoms. The lowest BCUT2D eigenvalue weighted by Crippen LogP contribution is -2.06. The maximum Gasteiger partial charge on any atom is 0.361 e. The van der Waals surface area contributed by atoms with Gasteiger partial charge in [-0.2, -0.15) is 0 Å². The molecule has 1 N–H and O–H groups in total. The molecule has 0 spiro atoms. The third kappa shape index (κ3) is 6.43. The van der Waals surface area contributed by atoms with Crippen molar-refractivity contribution in [3.8, 4) is 0 Å². The summed E-state index contributed by atoms with van der Waals surface area (Å²) < 4.78 is 16.6. The largest absolute Gasteiger partial charge is 0.361 e. The van der Waals surface area contributed by atoms with Crippen LogP contribution in [0.15, 0.2) is 4.99 Å². The number of hydrogen-bond donors (Lipinski definition) is 1. The van der Waals surface area contributed by atoms with Crippen LogP contribution in [0.5, 0.6) is 0 Å². The van der Waals surface area contributed by atoms with Crippen LogP contribution in [-0.4, -0.2) is 25.7 Å². The number of nitrogens with zero attached hydrogens (tertiary/aromatic N) is 1. The average molecular weight is 242 g/mol. The lowest BCUT2D eigenvalue weighted by molar-refractivity contribution is 0.406. The van der Waals surface area contributed by atoms with Gasteiger partial charge in [0.2, 0.25) is 0 Å². The Balaban J connectivity index is 3.96. The minimum atomic E-state index is -2.77. The molecular weight excluding hydrogens is 227 g/mol. The zero-order chi connectivity index (χ0) is 10.2. The number of nitrogens with one attached hydrogen (secondary N) is 1. The van der Waals surface area contributed by atoms with Crippen molar-refractivity contribution >= 4 is 34.3 Å². The average Bonchev–Trinajstić information content (AvgIpc) is 2.15. The molecular formula is C6H15N2O2PS2. The van der Waals surface area contributed by atoms with Crippen molar-refractivity contribution in [1.82, 2.24) is 5.09 Å². The lowest BCUT2D eigenvalue weighted by atomic mass is 10.8. The molecule has 0 aromatic heterocycles. The molecule has 0 aromatic carbocycles. The Labute approximate surface area is 86.9 Å². The molecule has 0 amide bonds. The van der Waals surface area contributed by atoms with Gasteiger partial charge in [0.15, 0.2) is 0 Å². The van der Waals surface area contributed by atoms with Gasteiger partial charge in [-0.3, -0.25) is 14.6 Å². The summed E-state index contributed by atoms with van der Waals surface area (Å²) in [6, 6.07) is 0. The van der Waals surface area contributed by atoms with Crippen molar-refractivity contribution in [3.05, 3.63) is 0 Å². The molecule has 0 aliphatic rings. The highest BCUT2D eigenvalue weighted by Crippen LogP contribution is 2.60. The normalized spacial score (nSPS) is 15.9. The van der Waals surface area contributed by atoms with E-state index in [9.17, 15) is 4.57 Å². The van der Waals surface area contributed by atoms with E-state index in [-0.39, 0.29) is 0 Å². The first-order valence-corrected chi connectivity index (χ1v) is 8.46. The first-order chi connectivity index (χ1) is 6.18. The predicted octanol–water partition coefficient (Wildman–Crippen LogP) is 2.78. The first-order valence-electron chi connectivity index (χ1n) is 3.91. The summed E-state index contributed by atoms with van der Waals surface area (Å²) in [6.45, 7) is 1.81. The van der Waals surface area contributed by atoms with E-state index in [0.717, 1.165) is 5.75 Å². The van der Waals surface area contributed by atoms with Crippen LogP contribution in [0.3, 0.4) is 0 Å². The van der Waals surface area contributed by atoms with Gasteiger partial charge < -0.3 is 4.52 Å². The highest BCUT2D eigenvalue weighted by molar-refractivity contribution is 8.99. The van der Waals surface area contributed by atoms with Gasteiger partial charge in [-0.1, -0.05) is 17.7 Å². The molecule has 13 heavy (non-hydrogen) atoms. The van der Waals surface area contributed by atoms with E-state index in [2.05, 4.69) is 10.1 Å². The monoisotopic (exact) mass is 242 g/mol. The van der Waals surface area contributed by atoms with Gasteiger partial charge in [0.05, 0.1) is 6.34 Å². The molecule has 1 atom stereocenters. The Hall–Kier alpha value is 0.360. The lowest BCUT2D eigenvalue weighted by Gasteiger charge is -2.12. The van der Waals surface area contributed by atoms with Crippen molar-refractivity contribution in [3.63, 3.8) is 0 Å². The maximum absolute atomic E-state index is 11.7. The SMILES string of the molecule is CCN=CNP(=O)(OC)SSCC. The summed E-state index contributed by atoms with van der Waals surface area (Å²) in [7, 11) is 4.15. The smallest absolute Gasteiger partial charge is 0.309 e. The summed E-state index contributed by atoms with van der Waals surface area (Å²) in [5.41, 5.74) is 0. The molecule has 0 aliphatic heterocycles. The second-order valence-corrected chi connectivity index (χ2v) is 8.44. The summed E-state index contributed by atoms with van der Waals surface area (Å²) in [5, 5.41) is 2.67. The molecule has 0 aromatic rings. The Bertz CT molecular complexity index is 201. The van der Waals surface area contributed by atoms with Crippen molar-refractivity contribution in [2.75, 3.05) is 19.4 Å². The van der Waals surface area contributed by atoms with Crippen LogP contribution in [0.2, 0.25) is 0 Å². The predicted molar refractivity (Wildman–Crippen MR) is 62.5 cm³/mol. The van der Waals surface area contributed by atoms with Crippen LogP contribution in [0.1, 0.15) is 13.8 Å². The van der Waals surface area contributed by atoms with Crippen molar-refractivity contribution in [1.29, 1.82) is 0 Å². The summed E-state index contributed by atoms with van der Waals surface area (Å²) in [6.07, 6.45) is 1.44. The van der Waals surface area contributed by atoms with Gasteiger partial charge in [-0.15, -0.1) is 0 Å². The zero-order valence-corrected chi connectivity index (χ0v) is 10.5. The molecule has 0 saturated carbocycles. The summed E-state index contributed by atoms with van der Waals surface area (Å²) in [4.78, 5) is 3.90. The van der Waals surface area contributed by atoms with Gasteiger partial charge >= 0.3 is 6.72 Å². The van der Waals surface area contributed by atoms with E-state index in [4.69, 9.17) is 4.52 Å².